The fourth-order valence-electron chi connectivity index (χ4n) is 1.58. The first kappa shape index (κ1) is 14.4. The number of esters is 1. The average Bonchev–Trinajstić information content (AvgIpc) is 2.42. The molecule has 1 heterocycles. The van der Waals surface area contributed by atoms with Crippen LogP contribution >= 0.6 is 0 Å². The minimum atomic E-state index is -0.370. The molecule has 0 spiro atoms. The van der Waals surface area contributed by atoms with Crippen LogP contribution < -0.4 is 5.32 Å². The Morgan fingerprint density at radius 1 is 1.33 bits per heavy atom. The molecule has 0 aliphatic rings. The Labute approximate surface area is 108 Å². The fourth-order valence-corrected chi connectivity index (χ4v) is 1.58. The van der Waals surface area contributed by atoms with Gasteiger partial charge in [0.1, 0.15) is 11.4 Å². The van der Waals surface area contributed by atoms with Gasteiger partial charge in [-0.05, 0) is 31.4 Å². The Morgan fingerprint density at radius 2 is 2.17 bits per heavy atom. The minimum absolute atomic E-state index is 0.370. The van der Waals surface area contributed by atoms with Crippen LogP contribution in [0.5, 0.6) is 0 Å². The van der Waals surface area contributed by atoms with Crippen molar-refractivity contribution in [3.8, 4) is 0 Å². The van der Waals surface area contributed by atoms with Crippen LogP contribution in [-0.2, 0) is 9.47 Å². The number of nitrogens with one attached hydrogen (secondary N) is 1. The molecule has 0 saturated carbocycles. The van der Waals surface area contributed by atoms with Crippen LogP contribution in [0.1, 0.15) is 29.6 Å². The number of aromatic nitrogens is 1. The van der Waals surface area contributed by atoms with Crippen LogP contribution in [-0.4, -0.2) is 38.3 Å². The topological polar surface area (TPSA) is 60.5 Å². The number of methoxy groups -OCH3 is 2. The Morgan fingerprint density at radius 3 is 2.89 bits per heavy atom. The van der Waals surface area contributed by atoms with Crippen molar-refractivity contribution in [3.05, 3.63) is 23.9 Å². The van der Waals surface area contributed by atoms with Crippen molar-refractivity contribution in [1.82, 2.24) is 4.98 Å². The largest absolute Gasteiger partial charge is 0.465 e. The third kappa shape index (κ3) is 4.71. The van der Waals surface area contributed by atoms with Crippen LogP contribution in [0.2, 0.25) is 0 Å². The molecule has 0 atom stereocenters. The molecule has 1 aromatic rings. The zero-order valence-corrected chi connectivity index (χ0v) is 10.9. The van der Waals surface area contributed by atoms with E-state index in [2.05, 4.69) is 10.3 Å². The first-order valence-corrected chi connectivity index (χ1v) is 6.05. The highest BCUT2D eigenvalue weighted by atomic mass is 16.5. The average molecular weight is 252 g/mol. The summed E-state index contributed by atoms with van der Waals surface area (Å²) in [6.45, 7) is 1.57. The van der Waals surface area contributed by atoms with Crippen LogP contribution in [0.15, 0.2) is 18.3 Å². The van der Waals surface area contributed by atoms with Crippen molar-refractivity contribution in [1.29, 1.82) is 0 Å². The quantitative estimate of drug-likeness (QED) is 0.567. The number of unbranched alkanes of at least 4 members (excludes halogenated alkanes) is 2. The number of carbonyl (C=O) groups excluding carboxylic acids is 1. The van der Waals surface area contributed by atoms with Gasteiger partial charge in [-0.15, -0.1) is 0 Å². The molecule has 0 amide bonds. The van der Waals surface area contributed by atoms with E-state index in [0.29, 0.717) is 11.4 Å². The minimum Gasteiger partial charge on any atom is -0.465 e. The molecule has 1 aromatic heterocycles. The summed E-state index contributed by atoms with van der Waals surface area (Å²) >= 11 is 0. The van der Waals surface area contributed by atoms with Crippen LogP contribution in [0.25, 0.3) is 0 Å². The number of pyridine rings is 1. The lowest BCUT2D eigenvalue weighted by atomic mass is 10.2. The van der Waals surface area contributed by atoms with Crippen molar-refractivity contribution in [2.75, 3.05) is 32.7 Å². The number of anilines is 1. The van der Waals surface area contributed by atoms with Gasteiger partial charge in [-0.25, -0.2) is 9.78 Å². The highest BCUT2D eigenvalue weighted by Crippen LogP contribution is 2.12. The van der Waals surface area contributed by atoms with Crippen molar-refractivity contribution < 1.29 is 14.3 Å². The number of rotatable bonds is 8. The second-order valence-electron chi connectivity index (χ2n) is 3.87. The van der Waals surface area contributed by atoms with Gasteiger partial charge in [-0.1, -0.05) is 0 Å². The monoisotopic (exact) mass is 252 g/mol. The van der Waals surface area contributed by atoms with E-state index in [1.165, 1.54) is 7.11 Å². The molecule has 0 radical (unpaired) electrons. The van der Waals surface area contributed by atoms with Gasteiger partial charge in [0.05, 0.1) is 7.11 Å². The molecule has 0 aliphatic heterocycles. The molecule has 18 heavy (non-hydrogen) atoms. The number of hydrogen-bond donors (Lipinski definition) is 1. The van der Waals surface area contributed by atoms with Crippen LogP contribution in [0, 0.1) is 0 Å². The molecule has 1 N–H and O–H groups in total. The van der Waals surface area contributed by atoms with Crippen molar-refractivity contribution in [2.24, 2.45) is 0 Å². The molecule has 1 rings (SSSR count). The summed E-state index contributed by atoms with van der Waals surface area (Å²) in [4.78, 5) is 15.6. The number of nitrogens with zero attached hydrogens (tertiary/aromatic N) is 1. The summed E-state index contributed by atoms with van der Waals surface area (Å²) in [7, 11) is 3.07. The van der Waals surface area contributed by atoms with Gasteiger partial charge in [-0.3, -0.25) is 0 Å². The van der Waals surface area contributed by atoms with Gasteiger partial charge in [0, 0.05) is 26.5 Å². The molecule has 100 valence electrons. The summed E-state index contributed by atoms with van der Waals surface area (Å²) in [6, 6.07) is 3.42. The summed E-state index contributed by atoms with van der Waals surface area (Å²) < 4.78 is 9.68. The van der Waals surface area contributed by atoms with E-state index in [0.717, 1.165) is 32.4 Å². The zero-order valence-electron chi connectivity index (χ0n) is 10.9. The number of ether oxygens (including phenoxy) is 2. The molecule has 0 fully saturated rings. The predicted octanol–water partition coefficient (Wildman–Crippen LogP) is 2.10. The summed E-state index contributed by atoms with van der Waals surface area (Å²) in [5.41, 5.74) is 0.469. The standard InChI is InChI=1S/C13H20N2O3/c1-17-10-5-3-4-8-14-12-11(13(16)18-2)7-6-9-15-12/h6-7,9H,3-5,8,10H2,1-2H3,(H,14,15). The van der Waals surface area contributed by atoms with E-state index in [1.807, 2.05) is 0 Å². The number of hydrogen-bond acceptors (Lipinski definition) is 5. The van der Waals surface area contributed by atoms with E-state index >= 15 is 0 Å². The SMILES string of the molecule is COCCCCCNc1ncccc1C(=O)OC. The first-order chi connectivity index (χ1) is 8.79. The summed E-state index contributed by atoms with van der Waals surface area (Å²) in [6.07, 6.45) is 4.80. The summed E-state index contributed by atoms with van der Waals surface area (Å²) in [5.74, 6) is 0.209. The lowest BCUT2D eigenvalue weighted by molar-refractivity contribution is 0.0601. The van der Waals surface area contributed by atoms with Crippen LogP contribution in [0.4, 0.5) is 5.82 Å². The molecule has 5 nitrogen and oxygen atoms in total. The maximum Gasteiger partial charge on any atom is 0.341 e. The van der Waals surface area contributed by atoms with E-state index in [1.54, 1.807) is 25.4 Å². The van der Waals surface area contributed by atoms with Crippen molar-refractivity contribution in [2.45, 2.75) is 19.3 Å². The summed E-state index contributed by atoms with van der Waals surface area (Å²) in [5, 5.41) is 3.15. The molecule has 0 aliphatic carbocycles. The van der Waals surface area contributed by atoms with Gasteiger partial charge in [0.15, 0.2) is 0 Å². The molecular weight excluding hydrogens is 232 g/mol. The van der Waals surface area contributed by atoms with E-state index in [-0.39, 0.29) is 5.97 Å². The lowest BCUT2D eigenvalue weighted by Gasteiger charge is -2.09. The molecule has 0 bridgehead atoms. The van der Waals surface area contributed by atoms with Crippen LogP contribution in [0.3, 0.4) is 0 Å². The van der Waals surface area contributed by atoms with E-state index in [4.69, 9.17) is 9.47 Å². The lowest BCUT2D eigenvalue weighted by Crippen LogP contribution is -2.10. The smallest absolute Gasteiger partial charge is 0.341 e. The van der Waals surface area contributed by atoms with Gasteiger partial charge in [0.25, 0.3) is 0 Å². The fraction of sp³-hybridized carbons (Fsp3) is 0.538. The van der Waals surface area contributed by atoms with E-state index < -0.39 is 0 Å². The predicted molar refractivity (Wildman–Crippen MR) is 69.8 cm³/mol. The maximum absolute atomic E-state index is 11.5. The first-order valence-electron chi connectivity index (χ1n) is 6.05. The Kier molecular flexibility index (Phi) is 6.79. The Hall–Kier alpha value is -1.62. The van der Waals surface area contributed by atoms with Gasteiger partial charge in [-0.2, -0.15) is 0 Å². The van der Waals surface area contributed by atoms with Gasteiger partial charge >= 0.3 is 5.97 Å². The highest BCUT2D eigenvalue weighted by molar-refractivity contribution is 5.94. The molecular formula is C13H20N2O3. The third-order valence-electron chi connectivity index (χ3n) is 2.53. The van der Waals surface area contributed by atoms with E-state index in [9.17, 15) is 4.79 Å². The molecule has 0 unspecified atom stereocenters. The Bertz CT molecular complexity index is 369. The third-order valence-corrected chi connectivity index (χ3v) is 2.53. The zero-order chi connectivity index (χ0) is 13.2. The normalized spacial score (nSPS) is 10.1. The molecule has 5 heteroatoms. The Balaban J connectivity index is 2.39. The van der Waals surface area contributed by atoms with Crippen molar-refractivity contribution in [3.63, 3.8) is 0 Å². The van der Waals surface area contributed by atoms with Gasteiger partial charge in [0.2, 0.25) is 0 Å². The second-order valence-corrected chi connectivity index (χ2v) is 3.87. The molecule has 0 saturated heterocycles. The maximum atomic E-state index is 11.5. The highest BCUT2D eigenvalue weighted by Gasteiger charge is 2.11. The molecule has 0 aromatic carbocycles. The van der Waals surface area contributed by atoms with Gasteiger partial charge < -0.3 is 14.8 Å². The van der Waals surface area contributed by atoms with Crippen molar-refractivity contribution >= 4 is 11.8 Å². The second kappa shape index (κ2) is 8.47. The number of carbonyl (C=O) groups is 1.